The highest BCUT2D eigenvalue weighted by Gasteiger charge is 2.11. The third-order valence-corrected chi connectivity index (χ3v) is 4.58. The number of ether oxygens (including phenoxy) is 2. The van der Waals surface area contributed by atoms with Crippen molar-refractivity contribution in [1.82, 2.24) is 0 Å². The Morgan fingerprint density at radius 3 is 1.96 bits per heavy atom. The van der Waals surface area contributed by atoms with Crippen LogP contribution in [0.3, 0.4) is 0 Å². The van der Waals surface area contributed by atoms with E-state index in [9.17, 15) is 9.59 Å². The summed E-state index contributed by atoms with van der Waals surface area (Å²) in [6.07, 6.45) is 10.8. The number of hydrogen-bond donors (Lipinski definition) is 0. The molecule has 0 heterocycles. The fourth-order valence-electron chi connectivity index (χ4n) is 2.36. The zero-order valence-electron chi connectivity index (χ0n) is 14.9. The van der Waals surface area contributed by atoms with Crippen LogP contribution in [0.4, 0.5) is 0 Å². The molecule has 0 aromatic rings. The monoisotopic (exact) mass is 470 g/mol. The molecule has 0 aliphatic rings. The topological polar surface area (TPSA) is 52.6 Å². The van der Waals surface area contributed by atoms with Crippen molar-refractivity contribution < 1.29 is 19.1 Å². The third kappa shape index (κ3) is 15.4. The first-order valence-corrected chi connectivity index (χ1v) is 11.3. The van der Waals surface area contributed by atoms with Gasteiger partial charge in [0.2, 0.25) is 0 Å². The molecule has 0 saturated heterocycles. The summed E-state index contributed by atoms with van der Waals surface area (Å²) < 4.78 is 10.5. The summed E-state index contributed by atoms with van der Waals surface area (Å²) in [5.74, 6) is -0.218. The van der Waals surface area contributed by atoms with Gasteiger partial charge in [0.15, 0.2) is 0 Å². The van der Waals surface area contributed by atoms with Gasteiger partial charge < -0.3 is 9.47 Å². The number of esters is 2. The summed E-state index contributed by atoms with van der Waals surface area (Å²) in [5.41, 5.74) is 0. The van der Waals surface area contributed by atoms with Crippen LogP contribution in [0, 0.1) is 0 Å². The number of halogens is 2. The van der Waals surface area contributed by atoms with Crippen LogP contribution in [0.15, 0.2) is 0 Å². The number of unbranched alkanes of at least 4 members (excludes halogenated alkanes) is 6. The third-order valence-electron chi connectivity index (χ3n) is 3.78. The standard InChI is InChI=1S/C18H32Br2O4/c1-2-16(24-18(22)12-14-20)10-8-6-4-3-5-7-9-15-23-17(21)11-13-19/h16H,2-15H2,1H3. The van der Waals surface area contributed by atoms with Crippen molar-refractivity contribution in [3.05, 3.63) is 0 Å². The molecular formula is C18H32Br2O4. The van der Waals surface area contributed by atoms with Gasteiger partial charge in [0, 0.05) is 10.7 Å². The summed E-state index contributed by atoms with van der Waals surface area (Å²) in [6.45, 7) is 2.61. The van der Waals surface area contributed by atoms with E-state index in [1.54, 1.807) is 0 Å². The van der Waals surface area contributed by atoms with Crippen LogP contribution in [-0.2, 0) is 19.1 Å². The summed E-state index contributed by atoms with van der Waals surface area (Å²) in [4.78, 5) is 22.6. The summed E-state index contributed by atoms with van der Waals surface area (Å²) in [6, 6.07) is 0. The lowest BCUT2D eigenvalue weighted by atomic mass is 10.1. The number of hydrogen-bond acceptors (Lipinski definition) is 4. The van der Waals surface area contributed by atoms with E-state index >= 15 is 0 Å². The second kappa shape index (κ2) is 17.7. The average Bonchev–Trinajstić information content (AvgIpc) is 2.55. The fourth-order valence-corrected chi connectivity index (χ4v) is 3.01. The minimum atomic E-state index is -0.116. The molecule has 0 aromatic carbocycles. The van der Waals surface area contributed by atoms with Crippen molar-refractivity contribution in [2.24, 2.45) is 0 Å². The van der Waals surface area contributed by atoms with Crippen LogP contribution < -0.4 is 0 Å². The van der Waals surface area contributed by atoms with Crippen LogP contribution in [0.5, 0.6) is 0 Å². The molecule has 0 fully saturated rings. The zero-order chi connectivity index (χ0) is 18.0. The van der Waals surface area contributed by atoms with E-state index < -0.39 is 0 Å². The lowest BCUT2D eigenvalue weighted by Gasteiger charge is -2.15. The summed E-state index contributed by atoms with van der Waals surface area (Å²) in [7, 11) is 0. The van der Waals surface area contributed by atoms with Crippen LogP contribution in [0.2, 0.25) is 0 Å². The number of carbonyl (C=O) groups excluding carboxylic acids is 2. The smallest absolute Gasteiger partial charge is 0.306 e. The SMILES string of the molecule is CCC(CCCCCCCCCOC(=O)CCBr)OC(=O)CCBr. The lowest BCUT2D eigenvalue weighted by molar-refractivity contribution is -0.149. The van der Waals surface area contributed by atoms with Gasteiger partial charge >= 0.3 is 11.9 Å². The molecule has 0 saturated carbocycles. The maximum Gasteiger partial charge on any atom is 0.306 e. The van der Waals surface area contributed by atoms with Gasteiger partial charge in [-0.15, -0.1) is 0 Å². The van der Waals surface area contributed by atoms with Gasteiger partial charge in [-0.1, -0.05) is 70.9 Å². The van der Waals surface area contributed by atoms with Gasteiger partial charge in [0.25, 0.3) is 0 Å². The highest BCUT2D eigenvalue weighted by atomic mass is 79.9. The van der Waals surface area contributed by atoms with E-state index in [0.29, 0.717) is 30.1 Å². The zero-order valence-corrected chi connectivity index (χ0v) is 18.0. The van der Waals surface area contributed by atoms with Gasteiger partial charge in [-0.25, -0.2) is 0 Å². The molecule has 6 heteroatoms. The molecule has 0 spiro atoms. The van der Waals surface area contributed by atoms with Gasteiger partial charge in [-0.2, -0.15) is 0 Å². The van der Waals surface area contributed by atoms with Crippen LogP contribution in [-0.4, -0.2) is 35.3 Å². The van der Waals surface area contributed by atoms with Crippen LogP contribution in [0.1, 0.15) is 77.6 Å². The van der Waals surface area contributed by atoms with Gasteiger partial charge in [-0.3, -0.25) is 9.59 Å². The first-order valence-electron chi connectivity index (χ1n) is 9.11. The first-order chi connectivity index (χ1) is 11.6. The molecule has 0 aliphatic carbocycles. The van der Waals surface area contributed by atoms with E-state index in [1.807, 2.05) is 0 Å². The minimum Gasteiger partial charge on any atom is -0.466 e. The molecule has 24 heavy (non-hydrogen) atoms. The Morgan fingerprint density at radius 2 is 1.38 bits per heavy atom. The van der Waals surface area contributed by atoms with Crippen molar-refractivity contribution in [1.29, 1.82) is 0 Å². The number of carbonyl (C=O) groups is 2. The maximum atomic E-state index is 11.5. The second-order valence-electron chi connectivity index (χ2n) is 5.88. The highest BCUT2D eigenvalue weighted by Crippen LogP contribution is 2.14. The van der Waals surface area contributed by atoms with Gasteiger partial charge in [-0.05, 0) is 25.7 Å². The van der Waals surface area contributed by atoms with Gasteiger partial charge in [0.1, 0.15) is 6.10 Å². The summed E-state index contributed by atoms with van der Waals surface area (Å²) in [5, 5.41) is 1.33. The van der Waals surface area contributed by atoms with Crippen molar-refractivity contribution in [3.63, 3.8) is 0 Å². The molecule has 1 unspecified atom stereocenters. The molecule has 0 radical (unpaired) electrons. The number of rotatable bonds is 16. The Balaban J connectivity index is 3.40. The fraction of sp³-hybridized carbons (Fsp3) is 0.889. The van der Waals surface area contributed by atoms with Crippen molar-refractivity contribution >= 4 is 43.8 Å². The van der Waals surface area contributed by atoms with Crippen molar-refractivity contribution in [2.45, 2.75) is 83.7 Å². The normalized spacial score (nSPS) is 12.0. The quantitative estimate of drug-likeness (QED) is 0.168. The molecular weight excluding hydrogens is 440 g/mol. The van der Waals surface area contributed by atoms with E-state index in [-0.39, 0.29) is 18.0 Å². The average molecular weight is 472 g/mol. The van der Waals surface area contributed by atoms with E-state index in [4.69, 9.17) is 9.47 Å². The van der Waals surface area contributed by atoms with Crippen LogP contribution in [0.25, 0.3) is 0 Å². The van der Waals surface area contributed by atoms with E-state index in [1.165, 1.54) is 25.7 Å². The van der Waals surface area contributed by atoms with E-state index in [0.717, 1.165) is 32.1 Å². The second-order valence-corrected chi connectivity index (χ2v) is 7.47. The maximum absolute atomic E-state index is 11.5. The molecule has 1 atom stereocenters. The van der Waals surface area contributed by atoms with Crippen molar-refractivity contribution in [3.8, 4) is 0 Å². The van der Waals surface area contributed by atoms with Crippen LogP contribution >= 0.6 is 31.9 Å². The predicted molar refractivity (Wildman–Crippen MR) is 105 cm³/mol. The minimum absolute atomic E-state index is 0.0748. The Labute approximate surface area is 163 Å². The molecule has 0 bridgehead atoms. The Morgan fingerprint density at radius 1 is 0.833 bits per heavy atom. The Hall–Kier alpha value is -0.100. The molecule has 0 N–H and O–H groups in total. The summed E-state index contributed by atoms with van der Waals surface area (Å²) >= 11 is 6.47. The largest absolute Gasteiger partial charge is 0.466 e. The number of alkyl halides is 2. The van der Waals surface area contributed by atoms with Crippen molar-refractivity contribution in [2.75, 3.05) is 17.3 Å². The first kappa shape index (κ1) is 23.9. The Bertz CT molecular complexity index is 324. The molecule has 142 valence electrons. The van der Waals surface area contributed by atoms with Gasteiger partial charge in [0.05, 0.1) is 19.4 Å². The lowest BCUT2D eigenvalue weighted by Crippen LogP contribution is -2.17. The highest BCUT2D eigenvalue weighted by molar-refractivity contribution is 9.09. The molecule has 0 aliphatic heterocycles. The molecule has 0 aromatic heterocycles. The molecule has 0 amide bonds. The van der Waals surface area contributed by atoms with E-state index in [2.05, 4.69) is 38.8 Å². The predicted octanol–water partition coefficient (Wildman–Crippen LogP) is 5.54. The molecule has 4 nitrogen and oxygen atoms in total. The Kier molecular flexibility index (Phi) is 17.6. The molecule has 0 rings (SSSR count).